The summed E-state index contributed by atoms with van der Waals surface area (Å²) in [5, 5.41) is 3.24. The van der Waals surface area contributed by atoms with E-state index in [-0.39, 0.29) is 12.1 Å². The Kier molecular flexibility index (Phi) is 7.61. The molecule has 90 valence electrons. The molecule has 15 heavy (non-hydrogen) atoms. The lowest BCUT2D eigenvalue weighted by atomic mass is 9.97. The van der Waals surface area contributed by atoms with Crippen LogP contribution in [-0.4, -0.2) is 24.9 Å². The average molecular weight is 214 g/mol. The molecule has 3 N–H and O–H groups in total. The predicted molar refractivity (Wildman–Crippen MR) is 64.7 cm³/mol. The van der Waals surface area contributed by atoms with Gasteiger partial charge in [-0.3, -0.25) is 0 Å². The van der Waals surface area contributed by atoms with Gasteiger partial charge in [0.2, 0.25) is 0 Å². The Hall–Kier alpha value is -0.410. The van der Waals surface area contributed by atoms with Gasteiger partial charge in [-0.05, 0) is 11.8 Å². The molecule has 3 nitrogen and oxygen atoms in total. The van der Waals surface area contributed by atoms with E-state index in [9.17, 15) is 4.79 Å². The van der Waals surface area contributed by atoms with Gasteiger partial charge in [-0.2, -0.15) is 0 Å². The van der Waals surface area contributed by atoms with E-state index in [1.807, 2.05) is 0 Å². The number of carbonyl (C=O) groups excluding carboxylic acids is 1. The highest BCUT2D eigenvalue weighted by molar-refractivity contribution is 5.57. The standard InChI is InChI=1S/C12H26N2O/c1-5-9(3)11(13)7-14-12(8-15)10(4)6-2/h8-12,14H,5-7,13H2,1-4H3/t9-,10-,11+,12-/m0/s1. The summed E-state index contributed by atoms with van der Waals surface area (Å²) in [6, 6.07) is 0.0895. The maximum absolute atomic E-state index is 10.9. The molecule has 0 saturated heterocycles. The first-order chi connectivity index (χ1) is 7.06. The second-order valence-electron chi connectivity index (χ2n) is 4.51. The molecule has 0 bridgehead atoms. The normalized spacial score (nSPS) is 19.3. The minimum absolute atomic E-state index is 0.0508. The summed E-state index contributed by atoms with van der Waals surface area (Å²) in [6.07, 6.45) is 3.09. The van der Waals surface area contributed by atoms with Crippen LogP contribution in [0.4, 0.5) is 0 Å². The summed E-state index contributed by atoms with van der Waals surface area (Å²) in [5.74, 6) is 0.883. The van der Waals surface area contributed by atoms with Crippen molar-refractivity contribution in [3.8, 4) is 0 Å². The molecule has 0 aromatic heterocycles. The van der Waals surface area contributed by atoms with E-state index in [4.69, 9.17) is 5.73 Å². The van der Waals surface area contributed by atoms with E-state index in [0.717, 1.165) is 25.7 Å². The highest BCUT2D eigenvalue weighted by Gasteiger charge is 2.17. The SMILES string of the molecule is CC[C@H](C)[C@H](N)CN[C@@H](C=O)[C@@H](C)CC. The van der Waals surface area contributed by atoms with Crippen molar-refractivity contribution in [2.75, 3.05) is 6.54 Å². The first kappa shape index (κ1) is 14.6. The molecule has 0 aromatic carbocycles. The van der Waals surface area contributed by atoms with Crippen molar-refractivity contribution in [3.05, 3.63) is 0 Å². The van der Waals surface area contributed by atoms with Crippen molar-refractivity contribution < 1.29 is 4.79 Å². The summed E-state index contributed by atoms with van der Waals surface area (Å²) in [5.41, 5.74) is 5.99. The van der Waals surface area contributed by atoms with Crippen molar-refractivity contribution in [2.45, 2.75) is 52.6 Å². The summed E-state index contributed by atoms with van der Waals surface area (Å²) in [4.78, 5) is 10.9. The zero-order valence-corrected chi connectivity index (χ0v) is 10.5. The molecule has 0 radical (unpaired) electrons. The summed E-state index contributed by atoms with van der Waals surface area (Å²) >= 11 is 0. The molecule has 4 atom stereocenters. The van der Waals surface area contributed by atoms with E-state index in [1.165, 1.54) is 0 Å². The van der Waals surface area contributed by atoms with E-state index in [0.29, 0.717) is 11.8 Å². The highest BCUT2D eigenvalue weighted by Crippen LogP contribution is 2.07. The van der Waals surface area contributed by atoms with Crippen molar-refractivity contribution in [1.29, 1.82) is 0 Å². The fourth-order valence-corrected chi connectivity index (χ4v) is 1.41. The van der Waals surface area contributed by atoms with Crippen molar-refractivity contribution >= 4 is 6.29 Å². The third-order valence-electron chi connectivity index (χ3n) is 3.37. The number of hydrogen-bond acceptors (Lipinski definition) is 3. The van der Waals surface area contributed by atoms with Gasteiger partial charge in [-0.1, -0.05) is 40.5 Å². The lowest BCUT2D eigenvalue weighted by Gasteiger charge is -2.23. The van der Waals surface area contributed by atoms with Crippen LogP contribution in [0.15, 0.2) is 0 Å². The molecule has 0 aromatic rings. The molecule has 0 heterocycles. The van der Waals surface area contributed by atoms with Gasteiger partial charge >= 0.3 is 0 Å². The minimum Gasteiger partial charge on any atom is -0.326 e. The molecule has 0 fully saturated rings. The van der Waals surface area contributed by atoms with Crippen molar-refractivity contribution in [1.82, 2.24) is 5.32 Å². The maximum atomic E-state index is 10.9. The Morgan fingerprint density at radius 1 is 1.20 bits per heavy atom. The number of hydrogen-bond donors (Lipinski definition) is 2. The topological polar surface area (TPSA) is 55.1 Å². The monoisotopic (exact) mass is 214 g/mol. The van der Waals surface area contributed by atoms with Crippen LogP contribution in [0.2, 0.25) is 0 Å². The molecule has 0 aliphatic rings. The zero-order valence-electron chi connectivity index (χ0n) is 10.5. The van der Waals surface area contributed by atoms with Gasteiger partial charge in [0.25, 0.3) is 0 Å². The number of rotatable bonds is 8. The maximum Gasteiger partial charge on any atom is 0.137 e. The second-order valence-corrected chi connectivity index (χ2v) is 4.51. The molecular weight excluding hydrogens is 188 g/mol. The van der Waals surface area contributed by atoms with Crippen molar-refractivity contribution in [2.24, 2.45) is 17.6 Å². The Morgan fingerprint density at radius 3 is 2.13 bits per heavy atom. The second kappa shape index (κ2) is 7.83. The molecular formula is C12H26N2O. The lowest BCUT2D eigenvalue weighted by Crippen LogP contribution is -2.45. The van der Waals surface area contributed by atoms with Gasteiger partial charge in [0, 0.05) is 12.6 Å². The van der Waals surface area contributed by atoms with Crippen LogP contribution < -0.4 is 11.1 Å². The molecule has 0 aliphatic carbocycles. The van der Waals surface area contributed by atoms with Crippen LogP contribution in [0.1, 0.15) is 40.5 Å². The predicted octanol–water partition coefficient (Wildman–Crippen LogP) is 1.56. The fourth-order valence-electron chi connectivity index (χ4n) is 1.41. The van der Waals surface area contributed by atoms with Gasteiger partial charge in [0.15, 0.2) is 0 Å². The summed E-state index contributed by atoms with van der Waals surface area (Å²) < 4.78 is 0. The number of nitrogens with two attached hydrogens (primary N) is 1. The smallest absolute Gasteiger partial charge is 0.137 e. The highest BCUT2D eigenvalue weighted by atomic mass is 16.1. The van der Waals surface area contributed by atoms with E-state index in [1.54, 1.807) is 0 Å². The molecule has 0 amide bonds. The number of carbonyl (C=O) groups is 1. The van der Waals surface area contributed by atoms with Gasteiger partial charge in [0.1, 0.15) is 6.29 Å². The van der Waals surface area contributed by atoms with E-state index >= 15 is 0 Å². The first-order valence-electron chi connectivity index (χ1n) is 6.00. The number of aldehydes is 1. The third kappa shape index (κ3) is 5.28. The third-order valence-corrected chi connectivity index (χ3v) is 3.37. The molecule has 3 heteroatoms. The Labute approximate surface area is 93.8 Å². The van der Waals surface area contributed by atoms with Gasteiger partial charge in [0.05, 0.1) is 6.04 Å². The Balaban J connectivity index is 3.95. The van der Waals surface area contributed by atoms with Crippen molar-refractivity contribution in [3.63, 3.8) is 0 Å². The summed E-state index contributed by atoms with van der Waals surface area (Å²) in [7, 11) is 0. The van der Waals surface area contributed by atoms with Crippen LogP contribution in [-0.2, 0) is 4.79 Å². The average Bonchev–Trinajstić information content (AvgIpc) is 2.27. The van der Waals surface area contributed by atoms with Crippen LogP contribution in [0.3, 0.4) is 0 Å². The quantitative estimate of drug-likeness (QED) is 0.603. The minimum atomic E-state index is -0.0508. The van der Waals surface area contributed by atoms with Gasteiger partial charge in [-0.15, -0.1) is 0 Å². The molecule has 0 spiro atoms. The van der Waals surface area contributed by atoms with E-state index in [2.05, 4.69) is 33.0 Å². The van der Waals surface area contributed by atoms with E-state index < -0.39 is 0 Å². The zero-order chi connectivity index (χ0) is 11.8. The van der Waals surface area contributed by atoms with Crippen LogP contribution in [0, 0.1) is 11.8 Å². The van der Waals surface area contributed by atoms with Crippen LogP contribution >= 0.6 is 0 Å². The lowest BCUT2D eigenvalue weighted by molar-refractivity contribution is -0.110. The molecule has 0 rings (SSSR count). The first-order valence-corrected chi connectivity index (χ1v) is 6.00. The Morgan fingerprint density at radius 2 is 1.73 bits per heavy atom. The van der Waals surface area contributed by atoms with Crippen LogP contribution in [0.25, 0.3) is 0 Å². The van der Waals surface area contributed by atoms with Gasteiger partial charge < -0.3 is 15.8 Å². The van der Waals surface area contributed by atoms with Crippen LogP contribution in [0.5, 0.6) is 0 Å². The summed E-state index contributed by atoms with van der Waals surface area (Å²) in [6.45, 7) is 9.18. The fraction of sp³-hybridized carbons (Fsp3) is 0.917. The van der Waals surface area contributed by atoms with Gasteiger partial charge in [-0.25, -0.2) is 0 Å². The Bertz CT molecular complexity index is 173. The largest absolute Gasteiger partial charge is 0.326 e. The molecule has 0 unspecified atom stereocenters. The number of nitrogens with one attached hydrogen (secondary N) is 1. The molecule has 0 aliphatic heterocycles. The molecule has 0 saturated carbocycles.